The van der Waals surface area contributed by atoms with Crippen molar-refractivity contribution in [2.24, 2.45) is 5.92 Å². The van der Waals surface area contributed by atoms with Gasteiger partial charge in [-0.05, 0) is 43.4 Å². The van der Waals surface area contributed by atoms with Gasteiger partial charge in [0.1, 0.15) is 13.2 Å². The second kappa shape index (κ2) is 6.49. The zero-order valence-electron chi connectivity index (χ0n) is 12.4. The quantitative estimate of drug-likeness (QED) is 0.912. The molecule has 1 aliphatic heterocycles. The second-order valence-electron chi connectivity index (χ2n) is 6.05. The van der Waals surface area contributed by atoms with Gasteiger partial charge in [0.05, 0.1) is 0 Å². The second-order valence-corrected chi connectivity index (χ2v) is 6.05. The van der Waals surface area contributed by atoms with Crippen LogP contribution in [-0.4, -0.2) is 19.3 Å². The van der Waals surface area contributed by atoms with Crippen LogP contribution in [0.2, 0.25) is 0 Å². The van der Waals surface area contributed by atoms with Gasteiger partial charge in [-0.1, -0.05) is 25.3 Å². The van der Waals surface area contributed by atoms with Crippen molar-refractivity contribution in [3.63, 3.8) is 0 Å². The van der Waals surface area contributed by atoms with E-state index in [2.05, 4.69) is 24.4 Å². The maximum Gasteiger partial charge on any atom is 0.161 e. The lowest BCUT2D eigenvalue weighted by Gasteiger charge is -2.28. The summed E-state index contributed by atoms with van der Waals surface area (Å²) in [6, 6.07) is 6.86. The van der Waals surface area contributed by atoms with Crippen molar-refractivity contribution in [1.29, 1.82) is 0 Å². The maximum atomic E-state index is 5.63. The SMILES string of the molecule is C[C@H](NCc1ccc2c(c1)OCCO2)C1CCCCC1. The number of nitrogens with one attached hydrogen (secondary N) is 1. The lowest BCUT2D eigenvalue weighted by atomic mass is 9.84. The summed E-state index contributed by atoms with van der Waals surface area (Å²) in [5.74, 6) is 2.61. The molecule has 1 N–H and O–H groups in total. The summed E-state index contributed by atoms with van der Waals surface area (Å²) in [7, 11) is 0. The van der Waals surface area contributed by atoms with Crippen LogP contribution in [0.3, 0.4) is 0 Å². The lowest BCUT2D eigenvalue weighted by molar-refractivity contribution is 0.171. The summed E-state index contributed by atoms with van der Waals surface area (Å²) < 4.78 is 11.2. The van der Waals surface area contributed by atoms with Crippen LogP contribution < -0.4 is 14.8 Å². The van der Waals surface area contributed by atoms with Crippen LogP contribution in [0.4, 0.5) is 0 Å². The molecule has 0 spiro atoms. The molecule has 0 unspecified atom stereocenters. The zero-order chi connectivity index (χ0) is 13.8. The Balaban J connectivity index is 1.55. The van der Waals surface area contributed by atoms with Crippen LogP contribution in [0, 0.1) is 5.92 Å². The number of hydrogen-bond donors (Lipinski definition) is 1. The van der Waals surface area contributed by atoms with Gasteiger partial charge in [-0.2, -0.15) is 0 Å². The fourth-order valence-electron chi connectivity index (χ4n) is 3.28. The summed E-state index contributed by atoms with van der Waals surface area (Å²) in [5, 5.41) is 3.68. The van der Waals surface area contributed by atoms with E-state index in [1.54, 1.807) is 0 Å². The van der Waals surface area contributed by atoms with Crippen molar-refractivity contribution in [2.45, 2.75) is 51.6 Å². The summed E-state index contributed by atoms with van der Waals surface area (Å²) in [5.41, 5.74) is 1.27. The van der Waals surface area contributed by atoms with Gasteiger partial charge in [0.15, 0.2) is 11.5 Å². The first-order valence-corrected chi connectivity index (χ1v) is 7.95. The summed E-state index contributed by atoms with van der Waals surface area (Å²) in [6.45, 7) is 4.55. The Hall–Kier alpha value is -1.22. The molecule has 0 amide bonds. The van der Waals surface area contributed by atoms with Gasteiger partial charge in [0.2, 0.25) is 0 Å². The highest BCUT2D eigenvalue weighted by atomic mass is 16.6. The van der Waals surface area contributed by atoms with Gasteiger partial charge in [-0.3, -0.25) is 0 Å². The molecule has 1 atom stereocenters. The van der Waals surface area contributed by atoms with E-state index in [4.69, 9.17) is 9.47 Å². The van der Waals surface area contributed by atoms with Gasteiger partial charge in [0.25, 0.3) is 0 Å². The molecule has 1 fully saturated rings. The first kappa shape index (κ1) is 13.7. The molecule has 1 saturated carbocycles. The number of rotatable bonds is 4. The van der Waals surface area contributed by atoms with Gasteiger partial charge in [0, 0.05) is 12.6 Å². The molecule has 20 heavy (non-hydrogen) atoms. The third-order valence-electron chi connectivity index (χ3n) is 4.59. The molecule has 0 radical (unpaired) electrons. The van der Waals surface area contributed by atoms with E-state index in [0.29, 0.717) is 19.3 Å². The van der Waals surface area contributed by atoms with Gasteiger partial charge >= 0.3 is 0 Å². The third-order valence-corrected chi connectivity index (χ3v) is 4.59. The number of fused-ring (bicyclic) bond motifs is 1. The average molecular weight is 275 g/mol. The molecule has 3 heteroatoms. The third kappa shape index (κ3) is 3.26. The standard InChI is InChI=1S/C17H25NO2/c1-13(15-5-3-2-4-6-15)18-12-14-7-8-16-17(11-14)20-10-9-19-16/h7-8,11,13,15,18H,2-6,9-10,12H2,1H3/t13-/m0/s1. The Labute approximate surface area is 121 Å². The first-order chi connectivity index (χ1) is 9.83. The topological polar surface area (TPSA) is 30.5 Å². The van der Waals surface area contributed by atoms with Crippen molar-refractivity contribution in [3.8, 4) is 11.5 Å². The Morgan fingerprint density at radius 3 is 2.65 bits per heavy atom. The van der Waals surface area contributed by atoms with Crippen LogP contribution in [0.25, 0.3) is 0 Å². The summed E-state index contributed by atoms with van der Waals surface area (Å²) in [6.07, 6.45) is 7.00. The molecule has 1 aliphatic carbocycles. The monoisotopic (exact) mass is 275 g/mol. The van der Waals surface area contributed by atoms with Crippen LogP contribution in [0.15, 0.2) is 18.2 Å². The van der Waals surface area contributed by atoms with E-state index in [1.165, 1.54) is 37.7 Å². The van der Waals surface area contributed by atoms with E-state index in [0.717, 1.165) is 24.0 Å². The molecule has 3 rings (SSSR count). The van der Waals surface area contributed by atoms with Gasteiger partial charge in [-0.15, -0.1) is 0 Å². The first-order valence-electron chi connectivity index (χ1n) is 7.95. The normalized spacial score (nSPS) is 20.6. The molecular weight excluding hydrogens is 250 g/mol. The van der Waals surface area contributed by atoms with E-state index in [1.807, 2.05) is 6.07 Å². The van der Waals surface area contributed by atoms with Crippen molar-refractivity contribution < 1.29 is 9.47 Å². The lowest BCUT2D eigenvalue weighted by Crippen LogP contribution is -2.34. The number of hydrogen-bond acceptors (Lipinski definition) is 3. The minimum atomic E-state index is 0.600. The smallest absolute Gasteiger partial charge is 0.161 e. The van der Waals surface area contributed by atoms with Gasteiger partial charge < -0.3 is 14.8 Å². The highest BCUT2D eigenvalue weighted by Gasteiger charge is 2.19. The Kier molecular flexibility index (Phi) is 4.46. The summed E-state index contributed by atoms with van der Waals surface area (Å²) in [4.78, 5) is 0. The number of ether oxygens (including phenoxy) is 2. The van der Waals surface area contributed by atoms with Crippen molar-refractivity contribution >= 4 is 0 Å². The van der Waals surface area contributed by atoms with Crippen LogP contribution in [0.1, 0.15) is 44.6 Å². The molecule has 0 saturated heterocycles. The Morgan fingerprint density at radius 1 is 1.10 bits per heavy atom. The predicted molar refractivity (Wildman–Crippen MR) is 80.3 cm³/mol. The fourth-order valence-corrected chi connectivity index (χ4v) is 3.28. The Morgan fingerprint density at radius 2 is 1.85 bits per heavy atom. The van der Waals surface area contributed by atoms with Crippen LogP contribution in [-0.2, 0) is 6.54 Å². The van der Waals surface area contributed by atoms with Crippen LogP contribution >= 0.6 is 0 Å². The van der Waals surface area contributed by atoms with E-state index in [9.17, 15) is 0 Å². The largest absolute Gasteiger partial charge is 0.486 e. The van der Waals surface area contributed by atoms with Gasteiger partial charge in [-0.25, -0.2) is 0 Å². The predicted octanol–water partition coefficient (Wildman–Crippen LogP) is 3.52. The molecule has 1 aromatic carbocycles. The highest BCUT2D eigenvalue weighted by Crippen LogP contribution is 2.31. The zero-order valence-corrected chi connectivity index (χ0v) is 12.4. The van der Waals surface area contributed by atoms with Crippen molar-refractivity contribution in [1.82, 2.24) is 5.32 Å². The molecule has 1 aromatic rings. The molecule has 2 aliphatic rings. The number of benzene rings is 1. The Bertz CT molecular complexity index is 441. The fraction of sp³-hybridized carbons (Fsp3) is 0.647. The molecule has 0 bridgehead atoms. The van der Waals surface area contributed by atoms with Crippen LogP contribution in [0.5, 0.6) is 11.5 Å². The van der Waals surface area contributed by atoms with Crippen molar-refractivity contribution in [2.75, 3.05) is 13.2 Å². The minimum absolute atomic E-state index is 0.600. The van der Waals surface area contributed by atoms with E-state index in [-0.39, 0.29) is 0 Å². The van der Waals surface area contributed by atoms with E-state index < -0.39 is 0 Å². The van der Waals surface area contributed by atoms with E-state index >= 15 is 0 Å². The molecular formula is C17H25NO2. The molecule has 3 nitrogen and oxygen atoms in total. The average Bonchev–Trinajstić information content (AvgIpc) is 2.53. The highest BCUT2D eigenvalue weighted by molar-refractivity contribution is 5.43. The van der Waals surface area contributed by atoms with Crippen molar-refractivity contribution in [3.05, 3.63) is 23.8 Å². The molecule has 1 heterocycles. The molecule has 0 aromatic heterocycles. The summed E-state index contributed by atoms with van der Waals surface area (Å²) >= 11 is 0. The maximum absolute atomic E-state index is 5.63. The molecule has 110 valence electrons. The minimum Gasteiger partial charge on any atom is -0.486 e.